The fourth-order valence-electron chi connectivity index (χ4n) is 3.70. The van der Waals surface area contributed by atoms with Crippen molar-refractivity contribution in [2.45, 2.75) is 39.5 Å². The molecule has 11 heteroatoms. The first-order valence-corrected chi connectivity index (χ1v) is 11.9. The van der Waals surface area contributed by atoms with Gasteiger partial charge in [-0.2, -0.15) is 26.3 Å². The molecule has 202 valence electrons. The number of fused-ring (bicyclic) bond motifs is 1. The molecule has 3 aromatic carbocycles. The van der Waals surface area contributed by atoms with Crippen LogP contribution in [0.15, 0.2) is 60.8 Å². The number of halogens is 7. The summed E-state index contributed by atoms with van der Waals surface area (Å²) in [5.74, 6) is -2.55. The molecular formula is C27H23ClF6N2O2. The molecule has 0 aliphatic carbocycles. The van der Waals surface area contributed by atoms with E-state index >= 15 is 0 Å². The first kappa shape index (κ1) is 28.9. The second-order valence-electron chi connectivity index (χ2n) is 7.84. The third-order valence-electron chi connectivity index (χ3n) is 5.38. The fourth-order valence-corrected chi connectivity index (χ4v) is 3.89. The number of nitrogens with one attached hydrogen (secondary N) is 2. The van der Waals surface area contributed by atoms with Crippen LogP contribution < -0.4 is 10.1 Å². The summed E-state index contributed by atoms with van der Waals surface area (Å²) < 4.78 is 89.0. The standard InChI is InChI=1S/C25H17ClF6N2O2.C2H6/c1-2-13-12-33-21-7-6-17(11-18(13)21)36-22-19(24(27,28)29)9-16(10-20(22)25(30,31)32)34-23(35)14-4-3-5-15(26)8-14;1-2/h3-12,33H,2H2,1H3,(H,34,35);1-2H3. The molecule has 0 saturated carbocycles. The molecule has 0 unspecified atom stereocenters. The van der Waals surface area contributed by atoms with Gasteiger partial charge in [0.05, 0.1) is 0 Å². The van der Waals surface area contributed by atoms with E-state index in [1.807, 2.05) is 20.8 Å². The van der Waals surface area contributed by atoms with Gasteiger partial charge in [-0.3, -0.25) is 4.79 Å². The predicted octanol–water partition coefficient (Wildman–Crippen LogP) is 9.49. The predicted molar refractivity (Wildman–Crippen MR) is 135 cm³/mol. The molecule has 0 fully saturated rings. The maximum Gasteiger partial charge on any atom is 0.420 e. The zero-order chi connectivity index (χ0) is 28.3. The topological polar surface area (TPSA) is 54.1 Å². The van der Waals surface area contributed by atoms with Gasteiger partial charge < -0.3 is 15.0 Å². The number of carbonyl (C=O) groups is 1. The van der Waals surface area contributed by atoms with E-state index < -0.39 is 40.8 Å². The number of aromatic amines is 1. The van der Waals surface area contributed by atoms with Crippen LogP contribution in [-0.2, 0) is 18.8 Å². The number of anilines is 1. The molecule has 0 aliphatic rings. The molecule has 4 nitrogen and oxygen atoms in total. The maximum absolute atomic E-state index is 14.0. The molecule has 0 bridgehead atoms. The van der Waals surface area contributed by atoms with Crippen LogP contribution in [0.4, 0.5) is 32.0 Å². The summed E-state index contributed by atoms with van der Waals surface area (Å²) in [6.07, 6.45) is -8.15. The minimum Gasteiger partial charge on any atom is -0.456 e. The van der Waals surface area contributed by atoms with Crippen molar-refractivity contribution in [1.82, 2.24) is 4.98 Å². The van der Waals surface area contributed by atoms with Crippen molar-refractivity contribution in [3.05, 3.63) is 88.1 Å². The van der Waals surface area contributed by atoms with E-state index in [9.17, 15) is 31.1 Å². The molecule has 1 aromatic heterocycles. The molecule has 38 heavy (non-hydrogen) atoms. The van der Waals surface area contributed by atoms with Crippen molar-refractivity contribution in [1.29, 1.82) is 0 Å². The van der Waals surface area contributed by atoms with Gasteiger partial charge in [-0.15, -0.1) is 0 Å². The van der Waals surface area contributed by atoms with Gasteiger partial charge in [-0.1, -0.05) is 38.4 Å². The Labute approximate surface area is 219 Å². The zero-order valence-electron chi connectivity index (χ0n) is 20.4. The zero-order valence-corrected chi connectivity index (χ0v) is 21.2. The van der Waals surface area contributed by atoms with Crippen molar-refractivity contribution >= 4 is 34.1 Å². The molecule has 0 radical (unpaired) electrons. The lowest BCUT2D eigenvalue weighted by molar-refractivity contribution is -0.144. The van der Waals surface area contributed by atoms with E-state index in [2.05, 4.69) is 10.3 Å². The number of benzene rings is 3. The third kappa shape index (κ3) is 6.42. The Morgan fingerprint density at radius 1 is 0.947 bits per heavy atom. The summed E-state index contributed by atoms with van der Waals surface area (Å²) in [6.45, 7) is 5.86. The Balaban J connectivity index is 0.00000195. The van der Waals surface area contributed by atoms with Crippen LogP contribution in [-0.4, -0.2) is 10.9 Å². The van der Waals surface area contributed by atoms with Gasteiger partial charge in [0.2, 0.25) is 0 Å². The highest BCUT2D eigenvalue weighted by Gasteiger charge is 2.43. The SMILES string of the molecule is CC.CCc1c[nH]c2ccc(Oc3c(C(F)(F)F)cc(NC(=O)c4cccc(Cl)c4)cc3C(F)(F)F)cc12. The van der Waals surface area contributed by atoms with Crippen LogP contribution in [0.5, 0.6) is 11.5 Å². The van der Waals surface area contributed by atoms with Gasteiger partial charge >= 0.3 is 12.4 Å². The Morgan fingerprint density at radius 2 is 1.58 bits per heavy atom. The maximum atomic E-state index is 14.0. The van der Waals surface area contributed by atoms with Gasteiger partial charge in [-0.25, -0.2) is 0 Å². The van der Waals surface area contributed by atoms with E-state index in [0.29, 0.717) is 29.5 Å². The number of H-pyrrole nitrogens is 1. The largest absolute Gasteiger partial charge is 0.456 e. The molecule has 2 N–H and O–H groups in total. The highest BCUT2D eigenvalue weighted by molar-refractivity contribution is 6.31. The highest BCUT2D eigenvalue weighted by atomic mass is 35.5. The van der Waals surface area contributed by atoms with Crippen molar-refractivity contribution in [2.75, 3.05) is 5.32 Å². The van der Waals surface area contributed by atoms with E-state index in [4.69, 9.17) is 16.3 Å². The summed E-state index contributed by atoms with van der Waals surface area (Å²) in [4.78, 5) is 15.4. The summed E-state index contributed by atoms with van der Waals surface area (Å²) in [5.41, 5.74) is -2.66. The first-order valence-electron chi connectivity index (χ1n) is 11.5. The number of rotatable bonds is 5. The van der Waals surface area contributed by atoms with E-state index in [1.54, 1.807) is 6.20 Å². The number of ether oxygens (including phenoxy) is 1. The average molecular weight is 557 g/mol. The van der Waals surface area contributed by atoms with Gasteiger partial charge in [0, 0.05) is 33.4 Å². The van der Waals surface area contributed by atoms with Crippen LogP contribution in [0.3, 0.4) is 0 Å². The number of carbonyl (C=O) groups excluding carboxylic acids is 1. The van der Waals surface area contributed by atoms with Crippen molar-refractivity contribution in [2.24, 2.45) is 0 Å². The Morgan fingerprint density at radius 3 is 2.13 bits per heavy atom. The van der Waals surface area contributed by atoms with Crippen LogP contribution in [0.1, 0.15) is 47.8 Å². The second kappa shape index (κ2) is 11.4. The molecule has 0 saturated heterocycles. The lowest BCUT2D eigenvalue weighted by Gasteiger charge is -2.21. The molecule has 1 heterocycles. The molecular weight excluding hydrogens is 534 g/mol. The van der Waals surface area contributed by atoms with Crippen LogP contribution in [0.2, 0.25) is 5.02 Å². The van der Waals surface area contributed by atoms with Crippen molar-refractivity contribution in [3.8, 4) is 11.5 Å². The minimum atomic E-state index is -5.22. The lowest BCUT2D eigenvalue weighted by atomic mass is 10.0. The molecule has 4 rings (SSSR count). The smallest absolute Gasteiger partial charge is 0.420 e. The summed E-state index contributed by atoms with van der Waals surface area (Å²) in [6, 6.07) is 10.4. The Hall–Kier alpha value is -3.66. The molecule has 4 aromatic rings. The molecule has 0 aliphatic heterocycles. The van der Waals surface area contributed by atoms with Gasteiger partial charge in [0.25, 0.3) is 5.91 Å². The number of aromatic nitrogens is 1. The second-order valence-corrected chi connectivity index (χ2v) is 8.27. The molecule has 0 atom stereocenters. The van der Waals surface area contributed by atoms with E-state index in [-0.39, 0.29) is 16.3 Å². The number of amides is 1. The van der Waals surface area contributed by atoms with Crippen LogP contribution >= 0.6 is 11.6 Å². The average Bonchev–Trinajstić information content (AvgIpc) is 3.27. The number of hydrogen-bond donors (Lipinski definition) is 2. The normalized spacial score (nSPS) is 11.6. The molecule has 0 spiro atoms. The minimum absolute atomic E-state index is 0.0449. The summed E-state index contributed by atoms with van der Waals surface area (Å²) >= 11 is 5.81. The lowest BCUT2D eigenvalue weighted by Crippen LogP contribution is -2.17. The number of aryl methyl sites for hydroxylation is 1. The third-order valence-corrected chi connectivity index (χ3v) is 5.62. The quantitative estimate of drug-likeness (QED) is 0.240. The van der Waals surface area contributed by atoms with Gasteiger partial charge in [-0.05, 0) is 60.5 Å². The van der Waals surface area contributed by atoms with E-state index in [0.717, 1.165) is 5.56 Å². The van der Waals surface area contributed by atoms with E-state index in [1.165, 1.54) is 42.5 Å². The van der Waals surface area contributed by atoms with Crippen molar-refractivity contribution < 1.29 is 35.9 Å². The van der Waals surface area contributed by atoms with Gasteiger partial charge in [0.15, 0.2) is 5.75 Å². The highest BCUT2D eigenvalue weighted by Crippen LogP contribution is 2.47. The van der Waals surface area contributed by atoms with Crippen molar-refractivity contribution in [3.63, 3.8) is 0 Å². The van der Waals surface area contributed by atoms with Gasteiger partial charge in [0.1, 0.15) is 16.9 Å². The first-order chi connectivity index (χ1) is 17.9. The summed E-state index contributed by atoms with van der Waals surface area (Å²) in [5, 5.41) is 2.86. The van der Waals surface area contributed by atoms with Crippen LogP contribution in [0.25, 0.3) is 10.9 Å². The number of alkyl halides is 6. The Bertz CT molecular complexity index is 1410. The monoisotopic (exact) mass is 556 g/mol. The fraction of sp³-hybridized carbons (Fsp3) is 0.222. The summed E-state index contributed by atoms with van der Waals surface area (Å²) in [7, 11) is 0. The van der Waals surface area contributed by atoms with Crippen LogP contribution in [0, 0.1) is 0 Å². The number of hydrogen-bond acceptors (Lipinski definition) is 2. The molecule has 1 amide bonds. The Kier molecular flexibility index (Phi) is 8.66.